The average Bonchev–Trinajstić information content (AvgIpc) is 3.54. The van der Waals surface area contributed by atoms with Gasteiger partial charge in [-0.25, -0.2) is 23.7 Å². The molecule has 1 aliphatic rings. The smallest absolute Gasteiger partial charge is 0.437 e. The molecule has 13 heteroatoms. The molecular weight excluding hydrogens is 481 g/mol. The van der Waals surface area contributed by atoms with Crippen molar-refractivity contribution in [3.05, 3.63) is 59.8 Å². The van der Waals surface area contributed by atoms with Crippen LogP contribution in [0.4, 0.5) is 4.79 Å². The lowest BCUT2D eigenvalue weighted by Crippen LogP contribution is -2.46. The first-order valence-corrected chi connectivity index (χ1v) is 12.9. The van der Waals surface area contributed by atoms with Crippen LogP contribution in [-0.4, -0.2) is 59.9 Å². The number of aryl methyl sites for hydroxylation is 1. The number of benzene rings is 1. The summed E-state index contributed by atoms with van der Waals surface area (Å²) in [4.78, 5) is 44.8. The molecule has 0 saturated carbocycles. The Bertz CT molecular complexity index is 1210. The Kier molecular flexibility index (Phi) is 6.85. The molecule has 2 amide bonds. The molecule has 1 saturated heterocycles. The third-order valence-corrected chi connectivity index (χ3v) is 8.03. The summed E-state index contributed by atoms with van der Waals surface area (Å²) < 4.78 is 18.7. The van der Waals surface area contributed by atoms with Crippen molar-refractivity contribution < 1.29 is 28.7 Å². The van der Waals surface area contributed by atoms with Gasteiger partial charge in [0.25, 0.3) is 0 Å². The van der Waals surface area contributed by atoms with E-state index in [-0.39, 0.29) is 19.0 Å². The zero-order valence-corrected chi connectivity index (χ0v) is 20.1. The van der Waals surface area contributed by atoms with Gasteiger partial charge in [0.15, 0.2) is 0 Å². The standard InChI is InChI=1S/C21H24N5O6PS/c1-13(15-3-5-16(6-4-15)19-14(2)23-12-34-19)24-20(27)18-9-17(10-26(18)21(28)29)32-33(30,31)25-8-7-22-11-25/h3-8,11-13,17-18H,9-10H2,1-2H3,(H,24,27)(H,28,29)(H,30,31). The molecule has 4 rings (SSSR count). The number of amides is 2. The highest BCUT2D eigenvalue weighted by molar-refractivity contribution is 7.51. The molecule has 0 spiro atoms. The van der Waals surface area contributed by atoms with Gasteiger partial charge >= 0.3 is 13.8 Å². The lowest BCUT2D eigenvalue weighted by Gasteiger charge is -2.23. The minimum Gasteiger partial charge on any atom is -0.465 e. The van der Waals surface area contributed by atoms with E-state index >= 15 is 0 Å². The predicted molar refractivity (Wildman–Crippen MR) is 124 cm³/mol. The number of nitrogens with zero attached hydrogens (tertiary/aromatic N) is 4. The van der Waals surface area contributed by atoms with Crippen LogP contribution in [0.1, 0.15) is 30.6 Å². The highest BCUT2D eigenvalue weighted by Gasteiger charge is 2.43. The maximum absolute atomic E-state index is 13.0. The van der Waals surface area contributed by atoms with Gasteiger partial charge in [-0.05, 0) is 25.0 Å². The van der Waals surface area contributed by atoms with Crippen LogP contribution in [0.3, 0.4) is 0 Å². The number of thiazole rings is 1. The summed E-state index contributed by atoms with van der Waals surface area (Å²) in [6, 6.07) is 6.29. The SMILES string of the molecule is Cc1ncsc1-c1ccc(C(C)NC(=O)C2CC(OP(=O)(O)n3ccnc3)CN2C(=O)O)cc1. The number of carbonyl (C=O) groups excluding carboxylic acids is 1. The van der Waals surface area contributed by atoms with Crippen LogP contribution >= 0.6 is 19.1 Å². The van der Waals surface area contributed by atoms with Crippen molar-refractivity contribution in [2.24, 2.45) is 0 Å². The van der Waals surface area contributed by atoms with Crippen LogP contribution in [-0.2, 0) is 13.9 Å². The van der Waals surface area contributed by atoms with Gasteiger partial charge in [0.1, 0.15) is 12.4 Å². The maximum Gasteiger partial charge on any atom is 0.437 e. The summed E-state index contributed by atoms with van der Waals surface area (Å²) in [5.41, 5.74) is 4.62. The summed E-state index contributed by atoms with van der Waals surface area (Å²) in [6.07, 6.45) is 1.46. The number of carboxylic acid groups (broad SMARTS) is 1. The fraction of sp³-hybridized carbons (Fsp3) is 0.333. The van der Waals surface area contributed by atoms with Gasteiger partial charge in [-0.2, -0.15) is 0 Å². The van der Waals surface area contributed by atoms with Crippen molar-refractivity contribution in [2.75, 3.05) is 6.54 Å². The van der Waals surface area contributed by atoms with E-state index in [1.165, 1.54) is 12.4 Å². The predicted octanol–water partition coefficient (Wildman–Crippen LogP) is 3.28. The molecule has 0 radical (unpaired) electrons. The summed E-state index contributed by atoms with van der Waals surface area (Å²) in [5.74, 6) is -0.501. The number of aromatic nitrogens is 3. The largest absolute Gasteiger partial charge is 0.465 e. The van der Waals surface area contributed by atoms with E-state index in [0.717, 1.165) is 37.3 Å². The fourth-order valence-corrected chi connectivity index (χ4v) is 5.76. The third-order valence-electron chi connectivity index (χ3n) is 5.66. The molecule has 4 unspecified atom stereocenters. The zero-order chi connectivity index (χ0) is 24.5. The molecule has 180 valence electrons. The monoisotopic (exact) mass is 505 g/mol. The molecule has 1 aliphatic heterocycles. The first-order chi connectivity index (χ1) is 16.2. The number of likely N-dealkylation sites (tertiary alicyclic amines) is 1. The number of imidazole rings is 1. The highest BCUT2D eigenvalue weighted by atomic mass is 32.1. The quantitative estimate of drug-likeness (QED) is 0.415. The maximum atomic E-state index is 13.0. The number of hydrogen-bond acceptors (Lipinski definition) is 7. The Hall–Kier alpha value is -3.05. The number of carbonyl (C=O) groups is 2. The van der Waals surface area contributed by atoms with Gasteiger partial charge in [-0.15, -0.1) is 11.3 Å². The topological polar surface area (TPSA) is 147 Å². The van der Waals surface area contributed by atoms with E-state index in [2.05, 4.69) is 15.3 Å². The molecule has 11 nitrogen and oxygen atoms in total. The second-order valence-electron chi connectivity index (χ2n) is 7.97. The molecule has 34 heavy (non-hydrogen) atoms. The van der Waals surface area contributed by atoms with Crippen LogP contribution in [0, 0.1) is 6.92 Å². The lowest BCUT2D eigenvalue weighted by molar-refractivity contribution is -0.125. The van der Waals surface area contributed by atoms with Crippen LogP contribution in [0.2, 0.25) is 0 Å². The van der Waals surface area contributed by atoms with Crippen molar-refractivity contribution in [1.29, 1.82) is 0 Å². The molecule has 4 atom stereocenters. The minimum atomic E-state index is -4.27. The second kappa shape index (κ2) is 9.67. The van der Waals surface area contributed by atoms with Crippen molar-refractivity contribution in [1.82, 2.24) is 24.5 Å². The van der Waals surface area contributed by atoms with Crippen molar-refractivity contribution >= 4 is 31.1 Å². The van der Waals surface area contributed by atoms with E-state index in [1.54, 1.807) is 23.8 Å². The van der Waals surface area contributed by atoms with Gasteiger partial charge in [-0.1, -0.05) is 24.3 Å². The molecule has 1 fully saturated rings. The van der Waals surface area contributed by atoms with Gasteiger partial charge in [0, 0.05) is 18.8 Å². The zero-order valence-electron chi connectivity index (χ0n) is 18.4. The molecule has 3 N–H and O–H groups in total. The van der Waals surface area contributed by atoms with Crippen molar-refractivity contribution in [3.8, 4) is 10.4 Å². The molecule has 3 aromatic rings. The van der Waals surface area contributed by atoms with E-state index in [9.17, 15) is 24.2 Å². The molecule has 1 aromatic carbocycles. The van der Waals surface area contributed by atoms with Gasteiger partial charge in [0.2, 0.25) is 5.91 Å². The summed E-state index contributed by atoms with van der Waals surface area (Å²) >= 11 is 1.55. The van der Waals surface area contributed by atoms with E-state index in [1.807, 2.05) is 31.2 Å². The molecular formula is C21H24N5O6PS. The third kappa shape index (κ3) is 5.05. The van der Waals surface area contributed by atoms with Crippen LogP contribution in [0.25, 0.3) is 10.4 Å². The Balaban J connectivity index is 1.42. The number of nitrogens with one attached hydrogen (secondary N) is 1. The summed E-state index contributed by atoms with van der Waals surface area (Å²) in [7, 11) is -4.27. The van der Waals surface area contributed by atoms with E-state index < -0.39 is 31.9 Å². The van der Waals surface area contributed by atoms with Crippen molar-refractivity contribution in [2.45, 2.75) is 38.5 Å². The summed E-state index contributed by atoms with van der Waals surface area (Å²) in [6.45, 7) is 3.55. The van der Waals surface area contributed by atoms with Crippen LogP contribution < -0.4 is 5.32 Å². The highest BCUT2D eigenvalue weighted by Crippen LogP contribution is 2.46. The summed E-state index contributed by atoms with van der Waals surface area (Å²) in [5, 5.41) is 12.4. The van der Waals surface area contributed by atoms with Gasteiger partial charge in [0.05, 0.1) is 34.8 Å². The van der Waals surface area contributed by atoms with E-state index in [0.29, 0.717) is 0 Å². The Labute approximate surface area is 199 Å². The second-order valence-corrected chi connectivity index (χ2v) is 10.5. The number of hydrogen-bond donors (Lipinski definition) is 3. The molecule has 2 aromatic heterocycles. The van der Waals surface area contributed by atoms with Gasteiger partial charge < -0.3 is 15.3 Å². The lowest BCUT2D eigenvalue weighted by atomic mass is 10.0. The van der Waals surface area contributed by atoms with Crippen LogP contribution in [0.5, 0.6) is 0 Å². The van der Waals surface area contributed by atoms with Gasteiger partial charge in [-0.3, -0.25) is 14.2 Å². The first-order valence-electron chi connectivity index (χ1n) is 10.5. The minimum absolute atomic E-state index is 0.0479. The molecule has 0 bridgehead atoms. The Morgan fingerprint density at radius 1 is 1.32 bits per heavy atom. The average molecular weight is 505 g/mol. The molecule has 3 heterocycles. The Morgan fingerprint density at radius 3 is 2.65 bits per heavy atom. The number of rotatable bonds is 7. The Morgan fingerprint density at radius 2 is 2.06 bits per heavy atom. The van der Waals surface area contributed by atoms with Crippen LogP contribution in [0.15, 0.2) is 48.5 Å². The van der Waals surface area contributed by atoms with Crippen molar-refractivity contribution in [3.63, 3.8) is 0 Å². The first kappa shape index (κ1) is 24.1. The molecule has 0 aliphatic carbocycles. The fourth-order valence-electron chi connectivity index (χ4n) is 3.88. The normalized spacial score (nSPS) is 20.6. The van der Waals surface area contributed by atoms with E-state index in [4.69, 9.17) is 4.52 Å².